The van der Waals surface area contributed by atoms with Crippen molar-refractivity contribution in [2.75, 3.05) is 0 Å². The Morgan fingerprint density at radius 3 is 1.12 bits per heavy atom. The van der Waals surface area contributed by atoms with Gasteiger partial charge in [0.15, 0.2) is 0 Å². The van der Waals surface area contributed by atoms with Gasteiger partial charge in [0.1, 0.15) is 0 Å². The van der Waals surface area contributed by atoms with Crippen molar-refractivity contribution in [3.05, 3.63) is 84.6 Å². The van der Waals surface area contributed by atoms with Crippen LogP contribution in [0.2, 0.25) is 0 Å². The summed E-state index contributed by atoms with van der Waals surface area (Å²) in [6.07, 6.45) is 34.0. The molecule has 0 N–H and O–H groups in total. The van der Waals surface area contributed by atoms with Crippen LogP contribution in [0.5, 0.6) is 0 Å². The van der Waals surface area contributed by atoms with Crippen LogP contribution in [0.4, 0.5) is 0 Å². The van der Waals surface area contributed by atoms with Crippen molar-refractivity contribution in [2.24, 2.45) is 105 Å². The molecule has 8 aliphatic carbocycles. The molecule has 8 unspecified atom stereocenters. The van der Waals surface area contributed by atoms with Crippen LogP contribution in [-0.4, -0.2) is 35.3 Å². The van der Waals surface area contributed by atoms with Gasteiger partial charge < -0.3 is 29.4 Å². The molecule has 0 bridgehead atoms. The Bertz CT molecular complexity index is 2140. The number of carbonyl (C=O) groups is 4. The maximum absolute atomic E-state index is 12.2. The summed E-state index contributed by atoms with van der Waals surface area (Å²) in [5.41, 5.74) is 3.30. The summed E-state index contributed by atoms with van der Waals surface area (Å²) in [6, 6.07) is 17.4. The van der Waals surface area contributed by atoms with E-state index in [4.69, 9.17) is 0 Å². The van der Waals surface area contributed by atoms with Crippen LogP contribution < -0.4 is 10.2 Å². The zero-order valence-corrected chi connectivity index (χ0v) is 54.6. The molecule has 2 aromatic rings. The molecule has 8 aliphatic rings. The average molecular weight is 1150 g/mol. The van der Waals surface area contributed by atoms with Crippen molar-refractivity contribution in [2.45, 2.75) is 249 Å². The fraction of sp³-hybridized carbons (Fsp3) is 0.757. The Morgan fingerprint density at radius 1 is 0.457 bits per heavy atom. The first-order valence-corrected chi connectivity index (χ1v) is 33.1. The van der Waals surface area contributed by atoms with Gasteiger partial charge in [-0.25, -0.2) is 0 Å². The number of ketones is 4. The molecule has 6 nitrogen and oxygen atoms in total. The van der Waals surface area contributed by atoms with E-state index in [1.165, 1.54) is 142 Å². The largest absolute Gasteiger partial charge is 0.852 e. The molecular weight excluding hydrogens is 1030 g/mol. The van der Waals surface area contributed by atoms with E-state index in [0.29, 0.717) is 32.8 Å². The zero-order valence-electron chi connectivity index (χ0n) is 53.1. The average Bonchev–Trinajstić information content (AvgIpc) is 4.21. The standard InChI is InChI=1S/2C27H47O.2C10H9O2.Ti/c2*1-18(2)7-6-8-19(3)23-11-12-24-22-10-9-20-17-21(28)13-15-26(20,4)25(22)14-16-27(23,24)5;2*1-8(11)7-10(12)9-5-3-2-4-6-9;/h2*18-25H,6-17H2,1-5H3;2*2-7H,1H3;/q4*-1;/t2*19?,20?,21-,22-,23+,24?,25?,26-,27+;;;/m00.../s1. The third-order valence-electron chi connectivity index (χ3n) is 24.4. The molecule has 0 heterocycles. The number of benzene rings is 2. The number of Topliss-reactive ketones (excluding diaryl/α,β-unsaturated/α-hetero) is 4. The minimum atomic E-state index is -0.258. The Balaban J connectivity index is 0.000000186. The molecule has 10 rings (SSSR count). The van der Waals surface area contributed by atoms with Crippen molar-refractivity contribution in [3.8, 4) is 0 Å². The molecule has 0 saturated heterocycles. The number of hydrogen-bond donors (Lipinski definition) is 0. The maximum Gasteiger partial charge on any atom is 0.0768 e. The fourth-order valence-electron chi connectivity index (χ4n) is 20.2. The van der Waals surface area contributed by atoms with Crippen LogP contribution in [0.1, 0.15) is 258 Å². The van der Waals surface area contributed by atoms with Crippen molar-refractivity contribution >= 4 is 23.1 Å². The van der Waals surface area contributed by atoms with Crippen molar-refractivity contribution in [3.63, 3.8) is 0 Å². The Kier molecular flexibility index (Phi) is 24.8. The first kappa shape index (κ1) is 67.6. The first-order valence-electron chi connectivity index (χ1n) is 33.1. The van der Waals surface area contributed by atoms with Crippen LogP contribution in [0.25, 0.3) is 0 Å². The Morgan fingerprint density at radius 2 is 0.790 bits per heavy atom. The van der Waals surface area contributed by atoms with Crippen molar-refractivity contribution < 1.29 is 51.1 Å². The monoisotopic (exact) mass is 1140 g/mol. The first-order chi connectivity index (χ1) is 37.9. The van der Waals surface area contributed by atoms with Gasteiger partial charge in [0, 0.05) is 33.3 Å². The van der Waals surface area contributed by atoms with E-state index < -0.39 is 0 Å². The molecule has 8 fully saturated rings. The van der Waals surface area contributed by atoms with Gasteiger partial charge >= 0.3 is 0 Å². The second kappa shape index (κ2) is 29.7. The molecule has 452 valence electrons. The van der Waals surface area contributed by atoms with Gasteiger partial charge in [-0.15, -0.1) is 60.4 Å². The predicted octanol–water partition coefficient (Wildman–Crippen LogP) is 17.0. The number of carbonyl (C=O) groups excluding carboxylic acids is 4. The molecule has 0 radical (unpaired) electrons. The minimum Gasteiger partial charge on any atom is -0.852 e. The number of rotatable bonds is 16. The van der Waals surface area contributed by atoms with E-state index in [1.807, 2.05) is 12.1 Å². The SMILES string of the molecule is CC(=O)[CH-]C(=O)c1ccccc1.CC(=O)[CH-]C(=O)c1ccccc1.CC(C)CCCC(C)[C@H]1CCC2[C@@H]3CCC4C[C@@H]([O-])CC[C@]4(C)C3CC[C@@]21C.CC(C)CCCC(C)[C@H]1CCC2[C@@H]3CCC4C[C@@H]([O-])CC[C@]4(C)C3CC[C@@]21C.[Ti]. The van der Waals surface area contributed by atoms with Crippen molar-refractivity contribution in [1.29, 1.82) is 0 Å². The summed E-state index contributed by atoms with van der Waals surface area (Å²) in [5.74, 6) is 11.8. The van der Waals surface area contributed by atoms with Gasteiger partial charge in [0.25, 0.3) is 0 Å². The number of fused-ring (bicyclic) bond motifs is 10. The van der Waals surface area contributed by atoms with Crippen LogP contribution in [0.15, 0.2) is 60.7 Å². The molecule has 81 heavy (non-hydrogen) atoms. The molecule has 0 aliphatic heterocycles. The van der Waals surface area contributed by atoms with Gasteiger partial charge in [-0.3, -0.25) is 0 Å². The third kappa shape index (κ3) is 16.1. The van der Waals surface area contributed by atoms with Gasteiger partial charge in [0.05, 0.1) is 11.6 Å². The molecule has 8 saturated carbocycles. The maximum atomic E-state index is 12.2. The summed E-state index contributed by atoms with van der Waals surface area (Å²) in [4.78, 5) is 43.5. The summed E-state index contributed by atoms with van der Waals surface area (Å²) in [5, 5.41) is 24.4. The molecule has 0 amide bonds. The van der Waals surface area contributed by atoms with Gasteiger partial charge in [0.2, 0.25) is 0 Å². The smallest absolute Gasteiger partial charge is 0.0768 e. The quantitative estimate of drug-likeness (QED) is 0.0716. The summed E-state index contributed by atoms with van der Waals surface area (Å²) < 4.78 is 0. The summed E-state index contributed by atoms with van der Waals surface area (Å²) in [7, 11) is 0. The molecular formula is C74H112O6Ti-4. The second-order valence-corrected chi connectivity index (χ2v) is 30.1. The molecule has 0 aromatic heterocycles. The summed E-state index contributed by atoms with van der Waals surface area (Å²) in [6.45, 7) is 28.0. The topological polar surface area (TPSA) is 114 Å². The van der Waals surface area contributed by atoms with E-state index in [9.17, 15) is 29.4 Å². The van der Waals surface area contributed by atoms with E-state index in [-0.39, 0.29) is 57.1 Å². The van der Waals surface area contributed by atoms with Gasteiger partial charge in [-0.2, -0.15) is 0 Å². The number of hydrogen-bond acceptors (Lipinski definition) is 6. The molecule has 2 aromatic carbocycles. The summed E-state index contributed by atoms with van der Waals surface area (Å²) >= 11 is 0. The molecule has 18 atom stereocenters. The van der Waals surface area contributed by atoms with Crippen molar-refractivity contribution in [1.82, 2.24) is 0 Å². The fourth-order valence-corrected chi connectivity index (χ4v) is 20.2. The van der Waals surface area contributed by atoms with Crippen LogP contribution >= 0.6 is 0 Å². The zero-order chi connectivity index (χ0) is 58.2. The van der Waals surface area contributed by atoms with Crippen LogP contribution in [-0.2, 0) is 31.3 Å². The molecule has 0 spiro atoms. The predicted molar refractivity (Wildman–Crippen MR) is 325 cm³/mol. The molecule has 7 heteroatoms. The Hall–Kier alpha value is -2.51. The van der Waals surface area contributed by atoms with E-state index in [1.54, 1.807) is 48.5 Å². The minimum absolute atomic E-state index is 0. The van der Waals surface area contributed by atoms with Crippen LogP contribution in [0, 0.1) is 117 Å². The second-order valence-electron chi connectivity index (χ2n) is 30.1. The van der Waals surface area contributed by atoms with E-state index in [0.717, 1.165) is 121 Å². The third-order valence-corrected chi connectivity index (χ3v) is 24.4. The van der Waals surface area contributed by atoms with Gasteiger partial charge in [-0.1, -0.05) is 170 Å². The van der Waals surface area contributed by atoms with Crippen LogP contribution in [0.3, 0.4) is 0 Å². The normalized spacial score (nSPS) is 36.8. The van der Waals surface area contributed by atoms with Gasteiger partial charge in [-0.05, 0) is 208 Å². The Labute approximate surface area is 509 Å². The van der Waals surface area contributed by atoms with E-state index in [2.05, 4.69) is 69.2 Å². The van der Waals surface area contributed by atoms with E-state index >= 15 is 0 Å².